The molecule has 1 aromatic carbocycles. The lowest BCUT2D eigenvalue weighted by Crippen LogP contribution is -2.02. The number of hydrogen-bond acceptors (Lipinski definition) is 2. The van der Waals surface area contributed by atoms with Crippen LogP contribution in [-0.4, -0.2) is 9.78 Å². The molecule has 0 saturated heterocycles. The largest absolute Gasteiger partial charge is 0.326 e. The van der Waals surface area contributed by atoms with Gasteiger partial charge in [-0.1, -0.05) is 24.6 Å². The topological polar surface area (TPSA) is 43.8 Å². The Morgan fingerprint density at radius 1 is 1.33 bits per heavy atom. The molecule has 0 spiro atoms. The predicted molar refractivity (Wildman–Crippen MR) is 75.3 cm³/mol. The van der Waals surface area contributed by atoms with Crippen molar-refractivity contribution in [1.82, 2.24) is 9.78 Å². The highest BCUT2D eigenvalue weighted by molar-refractivity contribution is 6.32. The Balaban J connectivity index is 2.55. The second kappa shape index (κ2) is 5.12. The number of nitrogens with two attached hydrogens (primary N) is 1. The Morgan fingerprint density at radius 3 is 2.56 bits per heavy atom. The van der Waals surface area contributed by atoms with Crippen molar-refractivity contribution in [1.29, 1.82) is 0 Å². The summed E-state index contributed by atoms with van der Waals surface area (Å²) in [7, 11) is 0. The van der Waals surface area contributed by atoms with Crippen LogP contribution in [0.15, 0.2) is 18.2 Å². The van der Waals surface area contributed by atoms with E-state index in [0.29, 0.717) is 11.6 Å². The molecule has 0 fully saturated rings. The van der Waals surface area contributed by atoms with Crippen molar-refractivity contribution in [2.45, 2.75) is 33.7 Å². The Labute approximate surface area is 113 Å². The van der Waals surface area contributed by atoms with Crippen LogP contribution in [0.5, 0.6) is 0 Å². The zero-order valence-electron chi connectivity index (χ0n) is 11.0. The number of halogens is 1. The number of nitrogens with zero attached hydrogens (tertiary/aromatic N) is 2. The summed E-state index contributed by atoms with van der Waals surface area (Å²) < 4.78 is 1.91. The molecule has 2 rings (SSSR count). The van der Waals surface area contributed by atoms with Gasteiger partial charge in [0.1, 0.15) is 0 Å². The number of aryl methyl sites for hydroxylation is 1. The van der Waals surface area contributed by atoms with Crippen LogP contribution in [-0.2, 0) is 13.0 Å². The summed E-state index contributed by atoms with van der Waals surface area (Å²) in [5.41, 5.74) is 11.0. The van der Waals surface area contributed by atoms with Gasteiger partial charge >= 0.3 is 0 Å². The van der Waals surface area contributed by atoms with Crippen molar-refractivity contribution < 1.29 is 0 Å². The van der Waals surface area contributed by atoms with Crippen molar-refractivity contribution >= 4 is 11.6 Å². The minimum atomic E-state index is 0.497. The summed E-state index contributed by atoms with van der Waals surface area (Å²) in [5, 5.41) is 5.25. The van der Waals surface area contributed by atoms with E-state index in [2.05, 4.69) is 18.9 Å². The average molecular weight is 264 g/mol. The maximum Gasteiger partial charge on any atom is 0.0835 e. The first-order valence-corrected chi connectivity index (χ1v) is 6.50. The molecule has 4 heteroatoms. The number of benzene rings is 1. The fourth-order valence-corrected chi connectivity index (χ4v) is 2.55. The van der Waals surface area contributed by atoms with Crippen molar-refractivity contribution in [3.05, 3.63) is 45.7 Å². The van der Waals surface area contributed by atoms with E-state index >= 15 is 0 Å². The molecule has 0 aliphatic heterocycles. The monoisotopic (exact) mass is 263 g/mol. The van der Waals surface area contributed by atoms with Crippen molar-refractivity contribution in [3.8, 4) is 5.69 Å². The van der Waals surface area contributed by atoms with Crippen LogP contribution in [0.2, 0.25) is 5.02 Å². The van der Waals surface area contributed by atoms with E-state index in [1.807, 2.05) is 29.8 Å². The first kappa shape index (κ1) is 13.1. The molecular weight excluding hydrogens is 246 g/mol. The molecule has 1 aromatic heterocycles. The van der Waals surface area contributed by atoms with Gasteiger partial charge < -0.3 is 5.73 Å². The van der Waals surface area contributed by atoms with E-state index in [-0.39, 0.29) is 0 Å². The van der Waals surface area contributed by atoms with Crippen molar-refractivity contribution in [2.24, 2.45) is 5.73 Å². The smallest absolute Gasteiger partial charge is 0.0835 e. The third-order valence-electron chi connectivity index (χ3n) is 3.27. The third-order valence-corrected chi connectivity index (χ3v) is 3.57. The molecule has 18 heavy (non-hydrogen) atoms. The summed E-state index contributed by atoms with van der Waals surface area (Å²) in [6.45, 7) is 6.74. The van der Waals surface area contributed by atoms with Gasteiger partial charge in [0.25, 0.3) is 0 Å². The molecule has 0 aliphatic rings. The first-order valence-electron chi connectivity index (χ1n) is 6.12. The number of hydrogen-bond donors (Lipinski definition) is 1. The van der Waals surface area contributed by atoms with Gasteiger partial charge in [-0.2, -0.15) is 5.10 Å². The molecule has 0 radical (unpaired) electrons. The lowest BCUT2D eigenvalue weighted by Gasteiger charge is -2.08. The zero-order chi connectivity index (χ0) is 13.3. The fourth-order valence-electron chi connectivity index (χ4n) is 2.27. The quantitative estimate of drug-likeness (QED) is 0.924. The normalized spacial score (nSPS) is 10.9. The van der Waals surface area contributed by atoms with Gasteiger partial charge in [0.15, 0.2) is 0 Å². The van der Waals surface area contributed by atoms with Crippen LogP contribution in [0.3, 0.4) is 0 Å². The highest BCUT2D eigenvalue weighted by atomic mass is 35.5. The van der Waals surface area contributed by atoms with E-state index in [4.69, 9.17) is 17.3 Å². The van der Waals surface area contributed by atoms with E-state index < -0.39 is 0 Å². The molecule has 2 aromatic rings. The van der Waals surface area contributed by atoms with Crippen molar-refractivity contribution in [3.63, 3.8) is 0 Å². The molecule has 0 bridgehead atoms. The molecule has 0 unspecified atom stereocenters. The maximum absolute atomic E-state index is 6.30. The standard InChI is InChI=1S/C14H18ClN3/c1-4-12-9(2)17-18(10(12)3)14-6-5-11(8-16)7-13(14)15/h5-7H,4,8,16H2,1-3H3. The van der Waals surface area contributed by atoms with Crippen LogP contribution < -0.4 is 5.73 Å². The van der Waals surface area contributed by atoms with Gasteiger partial charge in [0.2, 0.25) is 0 Å². The minimum absolute atomic E-state index is 0.497. The Kier molecular flexibility index (Phi) is 3.73. The van der Waals surface area contributed by atoms with Gasteiger partial charge in [0, 0.05) is 12.2 Å². The van der Waals surface area contributed by atoms with Gasteiger partial charge in [-0.25, -0.2) is 4.68 Å². The Morgan fingerprint density at radius 2 is 2.06 bits per heavy atom. The SMILES string of the molecule is CCc1c(C)nn(-c2ccc(CN)cc2Cl)c1C. The molecule has 1 heterocycles. The average Bonchev–Trinajstić information content (AvgIpc) is 2.64. The molecule has 2 N–H and O–H groups in total. The minimum Gasteiger partial charge on any atom is -0.326 e. The van der Waals surface area contributed by atoms with E-state index in [9.17, 15) is 0 Å². The summed E-state index contributed by atoms with van der Waals surface area (Å²) in [6.07, 6.45) is 0.982. The number of aromatic nitrogens is 2. The third kappa shape index (κ3) is 2.16. The molecule has 0 amide bonds. The second-order valence-electron chi connectivity index (χ2n) is 4.40. The fraction of sp³-hybridized carbons (Fsp3) is 0.357. The summed E-state index contributed by atoms with van der Waals surface area (Å²) in [4.78, 5) is 0. The van der Waals surface area contributed by atoms with Crippen LogP contribution in [0.1, 0.15) is 29.4 Å². The Hall–Kier alpha value is -1.32. The summed E-state index contributed by atoms with van der Waals surface area (Å²) in [6, 6.07) is 5.87. The predicted octanol–water partition coefficient (Wildman–Crippen LogP) is 3.16. The lowest BCUT2D eigenvalue weighted by molar-refractivity contribution is 0.831. The van der Waals surface area contributed by atoms with Gasteiger partial charge in [-0.05, 0) is 43.5 Å². The molecule has 0 aliphatic carbocycles. The van der Waals surface area contributed by atoms with Gasteiger partial charge in [0.05, 0.1) is 16.4 Å². The molecular formula is C14H18ClN3. The highest BCUT2D eigenvalue weighted by Crippen LogP contribution is 2.25. The van der Waals surface area contributed by atoms with Crippen LogP contribution >= 0.6 is 11.6 Å². The van der Waals surface area contributed by atoms with Crippen LogP contribution in [0.25, 0.3) is 5.69 Å². The van der Waals surface area contributed by atoms with Crippen LogP contribution in [0.4, 0.5) is 0 Å². The van der Waals surface area contributed by atoms with Gasteiger partial charge in [-0.3, -0.25) is 0 Å². The second-order valence-corrected chi connectivity index (χ2v) is 4.81. The lowest BCUT2D eigenvalue weighted by atomic mass is 10.1. The highest BCUT2D eigenvalue weighted by Gasteiger charge is 2.13. The van der Waals surface area contributed by atoms with Crippen molar-refractivity contribution in [2.75, 3.05) is 0 Å². The zero-order valence-corrected chi connectivity index (χ0v) is 11.8. The summed E-state index contributed by atoms with van der Waals surface area (Å²) in [5.74, 6) is 0. The summed E-state index contributed by atoms with van der Waals surface area (Å²) >= 11 is 6.30. The Bertz CT molecular complexity index is 573. The molecule has 3 nitrogen and oxygen atoms in total. The van der Waals surface area contributed by atoms with Gasteiger partial charge in [-0.15, -0.1) is 0 Å². The van der Waals surface area contributed by atoms with E-state index in [0.717, 1.165) is 29.1 Å². The van der Waals surface area contributed by atoms with E-state index in [1.165, 1.54) is 5.56 Å². The molecule has 0 saturated carbocycles. The molecule has 0 atom stereocenters. The van der Waals surface area contributed by atoms with Crippen LogP contribution in [0, 0.1) is 13.8 Å². The maximum atomic E-state index is 6.30. The molecule has 96 valence electrons. The van der Waals surface area contributed by atoms with E-state index in [1.54, 1.807) is 0 Å². The number of rotatable bonds is 3. The first-order chi connectivity index (χ1) is 8.58.